The molecule has 0 spiro atoms. The zero-order chi connectivity index (χ0) is 13.1. The van der Waals surface area contributed by atoms with Crippen LogP contribution in [0.4, 0.5) is 6.01 Å². The molecule has 106 valence electrons. The van der Waals surface area contributed by atoms with Crippen molar-refractivity contribution in [1.29, 1.82) is 0 Å². The second-order valence-electron chi connectivity index (χ2n) is 5.58. The van der Waals surface area contributed by atoms with Crippen LogP contribution in [0.1, 0.15) is 31.9 Å². The third-order valence-corrected chi connectivity index (χ3v) is 4.13. The van der Waals surface area contributed by atoms with Crippen molar-refractivity contribution in [2.45, 2.75) is 38.8 Å². The molecule has 0 aliphatic carbocycles. The number of rotatable bonds is 5. The molecule has 1 N–H and O–H groups in total. The SMILES string of the molecule is CCCNCc1coc(N2CCN3CCCC3C2)n1. The molecule has 1 aromatic rings. The lowest BCUT2D eigenvalue weighted by atomic mass is 10.2. The van der Waals surface area contributed by atoms with Crippen LogP contribution in [0.3, 0.4) is 0 Å². The summed E-state index contributed by atoms with van der Waals surface area (Å²) in [5.41, 5.74) is 1.01. The third kappa shape index (κ3) is 2.92. The number of hydrogen-bond donors (Lipinski definition) is 1. The van der Waals surface area contributed by atoms with Gasteiger partial charge >= 0.3 is 0 Å². The van der Waals surface area contributed by atoms with E-state index in [-0.39, 0.29) is 0 Å². The Bertz CT molecular complexity index is 406. The van der Waals surface area contributed by atoms with Crippen LogP contribution in [0.2, 0.25) is 0 Å². The van der Waals surface area contributed by atoms with E-state index < -0.39 is 0 Å². The summed E-state index contributed by atoms with van der Waals surface area (Å²) in [4.78, 5) is 9.50. The summed E-state index contributed by atoms with van der Waals surface area (Å²) in [5, 5.41) is 3.36. The summed E-state index contributed by atoms with van der Waals surface area (Å²) < 4.78 is 5.64. The molecular formula is C14H24N4O. The number of nitrogens with zero attached hydrogens (tertiary/aromatic N) is 3. The number of aromatic nitrogens is 1. The highest BCUT2D eigenvalue weighted by molar-refractivity contribution is 5.29. The molecule has 1 atom stereocenters. The van der Waals surface area contributed by atoms with E-state index >= 15 is 0 Å². The minimum absolute atomic E-state index is 0.710. The summed E-state index contributed by atoms with van der Waals surface area (Å²) in [6.07, 6.45) is 5.60. The Balaban J connectivity index is 1.56. The van der Waals surface area contributed by atoms with Crippen LogP contribution in [0.25, 0.3) is 0 Å². The number of nitrogens with one attached hydrogen (secondary N) is 1. The lowest BCUT2D eigenvalue weighted by Gasteiger charge is -2.36. The van der Waals surface area contributed by atoms with E-state index in [1.165, 1.54) is 19.4 Å². The molecule has 2 aliphatic heterocycles. The van der Waals surface area contributed by atoms with Gasteiger partial charge in [-0.3, -0.25) is 4.90 Å². The van der Waals surface area contributed by atoms with Gasteiger partial charge < -0.3 is 14.6 Å². The normalized spacial score (nSPS) is 23.8. The van der Waals surface area contributed by atoms with Crippen LogP contribution in [-0.4, -0.2) is 48.6 Å². The maximum Gasteiger partial charge on any atom is 0.297 e. The van der Waals surface area contributed by atoms with E-state index in [4.69, 9.17) is 4.42 Å². The van der Waals surface area contributed by atoms with Gasteiger partial charge in [0.2, 0.25) is 0 Å². The lowest BCUT2D eigenvalue weighted by Crippen LogP contribution is -2.50. The van der Waals surface area contributed by atoms with Crippen molar-refractivity contribution >= 4 is 6.01 Å². The summed E-state index contributed by atoms with van der Waals surface area (Å²) in [6.45, 7) is 8.54. The lowest BCUT2D eigenvalue weighted by molar-refractivity contribution is 0.226. The number of hydrogen-bond acceptors (Lipinski definition) is 5. The zero-order valence-corrected chi connectivity index (χ0v) is 11.8. The molecule has 2 aliphatic rings. The van der Waals surface area contributed by atoms with Crippen LogP contribution < -0.4 is 10.2 Å². The molecule has 0 radical (unpaired) electrons. The second kappa shape index (κ2) is 5.92. The Morgan fingerprint density at radius 1 is 1.42 bits per heavy atom. The monoisotopic (exact) mass is 264 g/mol. The topological polar surface area (TPSA) is 44.5 Å². The van der Waals surface area contributed by atoms with Crippen molar-refractivity contribution in [3.8, 4) is 0 Å². The number of piperazine rings is 1. The standard InChI is InChI=1S/C14H24N4O/c1-2-5-15-9-12-11-19-14(16-12)18-8-7-17-6-3-4-13(17)10-18/h11,13,15H,2-10H2,1H3. The van der Waals surface area contributed by atoms with Crippen LogP contribution in [0.15, 0.2) is 10.7 Å². The molecule has 0 amide bonds. The van der Waals surface area contributed by atoms with E-state index in [0.717, 1.165) is 50.9 Å². The van der Waals surface area contributed by atoms with E-state index in [1.54, 1.807) is 6.26 Å². The Morgan fingerprint density at radius 2 is 2.37 bits per heavy atom. The maximum atomic E-state index is 5.64. The molecular weight excluding hydrogens is 240 g/mol. The summed E-state index contributed by atoms with van der Waals surface area (Å²) in [6, 6.07) is 1.52. The van der Waals surface area contributed by atoms with Crippen LogP contribution in [0, 0.1) is 0 Å². The molecule has 2 fully saturated rings. The summed E-state index contributed by atoms with van der Waals surface area (Å²) in [7, 11) is 0. The Kier molecular flexibility index (Phi) is 4.03. The molecule has 1 unspecified atom stereocenters. The predicted molar refractivity (Wildman–Crippen MR) is 75.3 cm³/mol. The van der Waals surface area contributed by atoms with Gasteiger partial charge in [-0.05, 0) is 32.4 Å². The Hall–Kier alpha value is -1.07. The molecule has 1 aromatic heterocycles. The Labute approximate surface area is 115 Å². The molecule has 3 rings (SSSR count). The fraction of sp³-hybridized carbons (Fsp3) is 0.786. The van der Waals surface area contributed by atoms with Gasteiger partial charge in [-0.15, -0.1) is 0 Å². The van der Waals surface area contributed by atoms with Gasteiger partial charge in [-0.25, -0.2) is 0 Å². The molecule has 0 bridgehead atoms. The molecule has 0 saturated carbocycles. The van der Waals surface area contributed by atoms with Gasteiger partial charge in [0.15, 0.2) is 0 Å². The van der Waals surface area contributed by atoms with Gasteiger partial charge in [-0.2, -0.15) is 4.98 Å². The van der Waals surface area contributed by atoms with Crippen molar-refractivity contribution < 1.29 is 4.42 Å². The fourth-order valence-electron chi connectivity index (χ4n) is 3.08. The van der Waals surface area contributed by atoms with Gasteiger partial charge in [0.25, 0.3) is 6.01 Å². The largest absolute Gasteiger partial charge is 0.432 e. The molecule has 0 aromatic carbocycles. The average molecular weight is 264 g/mol. The predicted octanol–water partition coefficient (Wildman–Crippen LogP) is 1.46. The highest BCUT2D eigenvalue weighted by Crippen LogP contribution is 2.24. The maximum absolute atomic E-state index is 5.64. The van der Waals surface area contributed by atoms with Gasteiger partial charge in [-0.1, -0.05) is 6.92 Å². The highest BCUT2D eigenvalue weighted by Gasteiger charge is 2.32. The van der Waals surface area contributed by atoms with E-state index in [0.29, 0.717) is 6.04 Å². The second-order valence-corrected chi connectivity index (χ2v) is 5.58. The molecule has 5 heteroatoms. The van der Waals surface area contributed by atoms with Crippen LogP contribution in [0.5, 0.6) is 0 Å². The van der Waals surface area contributed by atoms with E-state index in [1.807, 2.05) is 0 Å². The van der Waals surface area contributed by atoms with Gasteiger partial charge in [0.05, 0.1) is 5.69 Å². The smallest absolute Gasteiger partial charge is 0.297 e. The molecule has 2 saturated heterocycles. The minimum Gasteiger partial charge on any atom is -0.432 e. The molecule has 3 heterocycles. The quantitative estimate of drug-likeness (QED) is 0.816. The molecule has 5 nitrogen and oxygen atoms in total. The first-order valence-electron chi connectivity index (χ1n) is 7.51. The van der Waals surface area contributed by atoms with Crippen molar-refractivity contribution in [2.24, 2.45) is 0 Å². The highest BCUT2D eigenvalue weighted by atomic mass is 16.4. The molecule has 19 heavy (non-hydrogen) atoms. The first-order chi connectivity index (χ1) is 9.36. The fourth-order valence-corrected chi connectivity index (χ4v) is 3.08. The summed E-state index contributed by atoms with van der Waals surface area (Å²) in [5.74, 6) is 0. The van der Waals surface area contributed by atoms with Crippen LogP contribution >= 0.6 is 0 Å². The van der Waals surface area contributed by atoms with E-state index in [9.17, 15) is 0 Å². The van der Waals surface area contributed by atoms with Crippen molar-refractivity contribution in [1.82, 2.24) is 15.2 Å². The Morgan fingerprint density at radius 3 is 3.26 bits per heavy atom. The van der Waals surface area contributed by atoms with E-state index in [2.05, 4.69) is 27.0 Å². The van der Waals surface area contributed by atoms with Gasteiger partial charge in [0, 0.05) is 32.2 Å². The summed E-state index contributed by atoms with van der Waals surface area (Å²) >= 11 is 0. The first-order valence-corrected chi connectivity index (χ1v) is 7.51. The van der Waals surface area contributed by atoms with Crippen LogP contribution in [-0.2, 0) is 6.54 Å². The minimum atomic E-state index is 0.710. The van der Waals surface area contributed by atoms with Crippen molar-refractivity contribution in [2.75, 3.05) is 37.6 Å². The average Bonchev–Trinajstić information content (AvgIpc) is 3.06. The van der Waals surface area contributed by atoms with Crippen molar-refractivity contribution in [3.05, 3.63) is 12.0 Å². The third-order valence-electron chi connectivity index (χ3n) is 4.13. The number of anilines is 1. The number of oxazole rings is 1. The zero-order valence-electron chi connectivity index (χ0n) is 11.8. The first kappa shape index (κ1) is 12.9. The van der Waals surface area contributed by atoms with Crippen molar-refractivity contribution in [3.63, 3.8) is 0 Å². The van der Waals surface area contributed by atoms with Gasteiger partial charge in [0.1, 0.15) is 6.26 Å². The number of fused-ring (bicyclic) bond motifs is 1.